The standard InChI is InChI=1S/C20H20ClN3O/c21-18-8-6-15(7-9-18)13-23-20(25)17-4-2-10-24(14-17)19-5-1-3-16(11-19)12-22/h1,3,5-9,11,17H,2,4,10,13-14H2,(H,23,25). The lowest BCUT2D eigenvalue weighted by atomic mass is 9.96. The SMILES string of the molecule is N#Cc1cccc(N2CCCC(C(=O)NCc3ccc(Cl)cc3)C2)c1. The lowest BCUT2D eigenvalue weighted by Crippen LogP contribution is -2.43. The van der Waals surface area contributed by atoms with Crippen molar-refractivity contribution in [1.29, 1.82) is 5.26 Å². The minimum absolute atomic E-state index is 0.0354. The van der Waals surface area contributed by atoms with Crippen molar-refractivity contribution < 1.29 is 4.79 Å². The van der Waals surface area contributed by atoms with E-state index in [1.807, 2.05) is 42.5 Å². The summed E-state index contributed by atoms with van der Waals surface area (Å²) < 4.78 is 0. The number of carbonyl (C=O) groups excluding carboxylic acids is 1. The Labute approximate surface area is 153 Å². The van der Waals surface area contributed by atoms with E-state index in [0.29, 0.717) is 23.7 Å². The Kier molecular flexibility index (Phi) is 5.57. The van der Waals surface area contributed by atoms with Crippen molar-refractivity contribution in [2.45, 2.75) is 19.4 Å². The smallest absolute Gasteiger partial charge is 0.225 e. The molecule has 1 atom stereocenters. The summed E-state index contributed by atoms with van der Waals surface area (Å²) in [6, 6.07) is 17.2. The van der Waals surface area contributed by atoms with Crippen molar-refractivity contribution in [2.75, 3.05) is 18.0 Å². The van der Waals surface area contributed by atoms with E-state index in [4.69, 9.17) is 16.9 Å². The van der Waals surface area contributed by atoms with Crippen LogP contribution in [0, 0.1) is 17.2 Å². The average Bonchev–Trinajstić information content (AvgIpc) is 2.67. The molecular weight excluding hydrogens is 334 g/mol. The Bertz CT molecular complexity index is 782. The van der Waals surface area contributed by atoms with Crippen LogP contribution in [0.25, 0.3) is 0 Å². The first kappa shape index (κ1) is 17.3. The lowest BCUT2D eigenvalue weighted by Gasteiger charge is -2.33. The fraction of sp³-hybridized carbons (Fsp3) is 0.300. The molecule has 1 fully saturated rings. The van der Waals surface area contributed by atoms with Crippen molar-refractivity contribution in [3.8, 4) is 6.07 Å². The normalized spacial score (nSPS) is 17.0. The van der Waals surface area contributed by atoms with Crippen LogP contribution in [0.4, 0.5) is 5.69 Å². The molecular formula is C20H20ClN3O. The fourth-order valence-corrected chi connectivity index (χ4v) is 3.26. The number of amides is 1. The van der Waals surface area contributed by atoms with Gasteiger partial charge in [0.15, 0.2) is 0 Å². The highest BCUT2D eigenvalue weighted by atomic mass is 35.5. The lowest BCUT2D eigenvalue weighted by molar-refractivity contribution is -0.125. The van der Waals surface area contributed by atoms with Gasteiger partial charge in [-0.25, -0.2) is 0 Å². The van der Waals surface area contributed by atoms with E-state index >= 15 is 0 Å². The van der Waals surface area contributed by atoms with Crippen LogP contribution in [0.3, 0.4) is 0 Å². The van der Waals surface area contributed by atoms with Gasteiger partial charge in [0.25, 0.3) is 0 Å². The first-order valence-electron chi connectivity index (χ1n) is 8.43. The molecule has 2 aromatic carbocycles. The molecule has 2 aromatic rings. The predicted molar refractivity (Wildman–Crippen MR) is 99.4 cm³/mol. The number of hydrogen-bond donors (Lipinski definition) is 1. The number of halogens is 1. The van der Waals surface area contributed by atoms with Crippen molar-refractivity contribution in [1.82, 2.24) is 5.32 Å². The Morgan fingerprint density at radius 2 is 2.08 bits per heavy atom. The maximum atomic E-state index is 12.5. The predicted octanol–water partition coefficient (Wildman–Crippen LogP) is 3.74. The quantitative estimate of drug-likeness (QED) is 0.910. The number of anilines is 1. The zero-order valence-corrected chi connectivity index (χ0v) is 14.7. The monoisotopic (exact) mass is 353 g/mol. The van der Waals surface area contributed by atoms with Gasteiger partial charge in [0, 0.05) is 30.3 Å². The van der Waals surface area contributed by atoms with Gasteiger partial charge in [0.2, 0.25) is 5.91 Å². The summed E-state index contributed by atoms with van der Waals surface area (Å²) in [5.74, 6) is 0.0443. The maximum absolute atomic E-state index is 12.5. The average molecular weight is 354 g/mol. The third-order valence-electron chi connectivity index (χ3n) is 4.51. The van der Waals surface area contributed by atoms with Gasteiger partial charge in [-0.1, -0.05) is 29.8 Å². The molecule has 1 aliphatic heterocycles. The van der Waals surface area contributed by atoms with Gasteiger partial charge in [-0.2, -0.15) is 5.26 Å². The van der Waals surface area contributed by atoms with Gasteiger partial charge in [0.05, 0.1) is 17.6 Å². The van der Waals surface area contributed by atoms with Crippen molar-refractivity contribution in [3.63, 3.8) is 0 Å². The molecule has 128 valence electrons. The van der Waals surface area contributed by atoms with Crippen LogP contribution in [0.1, 0.15) is 24.0 Å². The molecule has 1 N–H and O–H groups in total. The molecule has 1 unspecified atom stereocenters. The van der Waals surface area contributed by atoms with Crippen molar-refractivity contribution in [3.05, 3.63) is 64.7 Å². The summed E-state index contributed by atoms with van der Waals surface area (Å²) in [4.78, 5) is 14.7. The number of nitriles is 1. The van der Waals surface area contributed by atoms with E-state index in [9.17, 15) is 4.79 Å². The third kappa shape index (κ3) is 4.52. The van der Waals surface area contributed by atoms with Crippen molar-refractivity contribution in [2.24, 2.45) is 5.92 Å². The minimum Gasteiger partial charge on any atom is -0.371 e. The Morgan fingerprint density at radius 3 is 2.84 bits per heavy atom. The fourth-order valence-electron chi connectivity index (χ4n) is 3.13. The summed E-state index contributed by atoms with van der Waals surface area (Å²) in [7, 11) is 0. The first-order chi connectivity index (χ1) is 12.2. The van der Waals surface area contributed by atoms with Gasteiger partial charge in [-0.15, -0.1) is 0 Å². The van der Waals surface area contributed by atoms with Gasteiger partial charge in [-0.3, -0.25) is 4.79 Å². The molecule has 3 rings (SSSR count). The number of hydrogen-bond acceptors (Lipinski definition) is 3. The van der Waals surface area contributed by atoms with Crippen LogP contribution in [0.2, 0.25) is 5.02 Å². The largest absolute Gasteiger partial charge is 0.371 e. The third-order valence-corrected chi connectivity index (χ3v) is 4.76. The van der Waals surface area contributed by atoms with Crippen LogP contribution >= 0.6 is 11.6 Å². The van der Waals surface area contributed by atoms with Gasteiger partial charge in [-0.05, 0) is 48.7 Å². The number of nitrogens with zero attached hydrogens (tertiary/aromatic N) is 2. The van der Waals surface area contributed by atoms with E-state index in [0.717, 1.165) is 30.6 Å². The molecule has 4 nitrogen and oxygen atoms in total. The van der Waals surface area contributed by atoms with Crippen molar-refractivity contribution >= 4 is 23.2 Å². The van der Waals surface area contributed by atoms with E-state index in [2.05, 4.69) is 16.3 Å². The topological polar surface area (TPSA) is 56.1 Å². The molecule has 1 heterocycles. The number of rotatable bonds is 4. The Morgan fingerprint density at radius 1 is 1.28 bits per heavy atom. The Balaban J connectivity index is 1.59. The summed E-state index contributed by atoms with van der Waals surface area (Å²) in [6.45, 7) is 2.10. The molecule has 5 heteroatoms. The van der Waals surface area contributed by atoms with Crippen LogP contribution < -0.4 is 10.2 Å². The summed E-state index contributed by atoms with van der Waals surface area (Å²) >= 11 is 5.88. The summed E-state index contributed by atoms with van der Waals surface area (Å²) in [6.07, 6.45) is 1.86. The second-order valence-corrected chi connectivity index (χ2v) is 6.73. The van der Waals surface area contributed by atoms with Gasteiger partial charge < -0.3 is 10.2 Å². The van der Waals surface area contributed by atoms with E-state index in [1.54, 1.807) is 6.07 Å². The molecule has 0 aliphatic carbocycles. The van der Waals surface area contributed by atoms with E-state index in [-0.39, 0.29) is 11.8 Å². The van der Waals surface area contributed by atoms with Crippen LogP contribution in [0.15, 0.2) is 48.5 Å². The number of benzene rings is 2. The van der Waals surface area contributed by atoms with Crippen LogP contribution in [-0.4, -0.2) is 19.0 Å². The second kappa shape index (κ2) is 8.04. The molecule has 1 saturated heterocycles. The highest BCUT2D eigenvalue weighted by Gasteiger charge is 2.25. The van der Waals surface area contributed by atoms with Crippen LogP contribution in [0.5, 0.6) is 0 Å². The zero-order valence-electron chi connectivity index (χ0n) is 13.9. The molecule has 0 saturated carbocycles. The van der Waals surface area contributed by atoms with Crippen LogP contribution in [-0.2, 0) is 11.3 Å². The number of carbonyl (C=O) groups is 1. The highest BCUT2D eigenvalue weighted by Crippen LogP contribution is 2.24. The van der Waals surface area contributed by atoms with Gasteiger partial charge >= 0.3 is 0 Å². The number of nitrogens with one attached hydrogen (secondary N) is 1. The maximum Gasteiger partial charge on any atom is 0.225 e. The van der Waals surface area contributed by atoms with E-state index < -0.39 is 0 Å². The first-order valence-corrected chi connectivity index (χ1v) is 8.81. The summed E-state index contributed by atoms with van der Waals surface area (Å²) in [5, 5.41) is 12.8. The second-order valence-electron chi connectivity index (χ2n) is 6.29. The number of piperidine rings is 1. The zero-order chi connectivity index (χ0) is 17.6. The molecule has 25 heavy (non-hydrogen) atoms. The summed E-state index contributed by atoms with van der Waals surface area (Å²) in [5.41, 5.74) is 2.69. The minimum atomic E-state index is -0.0354. The molecule has 0 bridgehead atoms. The Hall–Kier alpha value is -2.51. The molecule has 0 radical (unpaired) electrons. The van der Waals surface area contributed by atoms with E-state index in [1.165, 1.54) is 0 Å². The molecule has 0 aromatic heterocycles. The van der Waals surface area contributed by atoms with Gasteiger partial charge in [0.1, 0.15) is 0 Å². The molecule has 1 aliphatic rings. The molecule has 0 spiro atoms. The highest BCUT2D eigenvalue weighted by molar-refractivity contribution is 6.30. The molecule has 1 amide bonds.